The van der Waals surface area contributed by atoms with E-state index in [-0.39, 0.29) is 5.91 Å². The second-order valence-electron chi connectivity index (χ2n) is 8.40. The Kier molecular flexibility index (Phi) is 8.61. The van der Waals surface area contributed by atoms with Gasteiger partial charge in [-0.3, -0.25) is 4.79 Å². The summed E-state index contributed by atoms with van der Waals surface area (Å²) in [7, 11) is 4.64. The van der Waals surface area contributed by atoms with Crippen LogP contribution in [0.2, 0.25) is 0 Å². The number of nitrogens with one attached hydrogen (secondary N) is 1. The van der Waals surface area contributed by atoms with Crippen LogP contribution in [0.15, 0.2) is 96.1 Å². The summed E-state index contributed by atoms with van der Waals surface area (Å²) < 4.78 is 22.3. The molecule has 0 saturated carbocycles. The van der Waals surface area contributed by atoms with Crippen LogP contribution >= 0.6 is 0 Å². The fraction of sp³-hybridized carbons (Fsp3) is 0.161. The predicted octanol–water partition coefficient (Wildman–Crippen LogP) is 6.11. The van der Waals surface area contributed by atoms with Crippen molar-refractivity contribution in [3.05, 3.63) is 108 Å². The molecule has 7 nitrogen and oxygen atoms in total. The Bertz CT molecular complexity index is 1390. The molecule has 38 heavy (non-hydrogen) atoms. The summed E-state index contributed by atoms with van der Waals surface area (Å²) in [5, 5.41) is 4.25. The molecule has 4 rings (SSSR count). The molecule has 0 aromatic heterocycles. The Hall–Kier alpha value is -4.78. The van der Waals surface area contributed by atoms with Gasteiger partial charge in [0.25, 0.3) is 5.91 Å². The zero-order valence-electron chi connectivity index (χ0n) is 21.9. The van der Waals surface area contributed by atoms with Crippen molar-refractivity contribution in [1.29, 1.82) is 0 Å². The van der Waals surface area contributed by atoms with Gasteiger partial charge in [-0.1, -0.05) is 60.7 Å². The van der Waals surface area contributed by atoms with E-state index >= 15 is 0 Å². The highest BCUT2D eigenvalue weighted by atomic mass is 16.5. The summed E-state index contributed by atoms with van der Waals surface area (Å²) in [6.45, 7) is 2.17. The molecule has 0 atom stereocenters. The van der Waals surface area contributed by atoms with Crippen molar-refractivity contribution < 1.29 is 23.7 Å². The van der Waals surface area contributed by atoms with Crippen LogP contribution in [-0.4, -0.2) is 32.9 Å². The molecule has 0 radical (unpaired) electrons. The molecule has 0 heterocycles. The van der Waals surface area contributed by atoms with Crippen LogP contribution in [0.3, 0.4) is 0 Å². The molecule has 0 aliphatic heterocycles. The van der Waals surface area contributed by atoms with Crippen LogP contribution in [0.4, 0.5) is 0 Å². The van der Waals surface area contributed by atoms with Crippen LogP contribution in [0.5, 0.6) is 23.0 Å². The van der Waals surface area contributed by atoms with Gasteiger partial charge in [0.2, 0.25) is 5.75 Å². The van der Waals surface area contributed by atoms with E-state index in [1.54, 1.807) is 52.5 Å². The average molecular weight is 511 g/mol. The first kappa shape index (κ1) is 26.3. The first-order valence-corrected chi connectivity index (χ1v) is 12.0. The fourth-order valence-corrected chi connectivity index (χ4v) is 3.92. The van der Waals surface area contributed by atoms with Crippen molar-refractivity contribution in [3.63, 3.8) is 0 Å². The SMILES string of the molecule is COc1cc(/C(C)=N\NC(=O)c2ccc(COc3ccccc3-c3ccccc3)cc2)cc(OC)c1OC. The minimum Gasteiger partial charge on any atom is -0.493 e. The number of rotatable bonds is 10. The molecular weight excluding hydrogens is 480 g/mol. The molecule has 0 aliphatic rings. The van der Waals surface area contributed by atoms with E-state index in [2.05, 4.69) is 22.7 Å². The molecule has 4 aromatic rings. The van der Waals surface area contributed by atoms with E-state index in [0.29, 0.717) is 35.1 Å². The standard InChI is InChI=1S/C31H30N2O5/c1-21(25-18-28(35-2)30(37-4)29(19-25)36-3)32-33-31(34)24-16-14-22(15-17-24)20-38-27-13-9-8-12-26(27)23-10-6-5-7-11-23/h5-19H,20H2,1-4H3,(H,33,34)/b32-21-. The highest BCUT2D eigenvalue weighted by Gasteiger charge is 2.15. The molecule has 7 heteroatoms. The lowest BCUT2D eigenvalue weighted by atomic mass is 10.0. The summed E-state index contributed by atoms with van der Waals surface area (Å²) in [6, 6.07) is 28.9. The van der Waals surface area contributed by atoms with E-state index in [1.807, 2.05) is 54.6 Å². The van der Waals surface area contributed by atoms with Gasteiger partial charge in [0.15, 0.2) is 11.5 Å². The number of ether oxygens (including phenoxy) is 4. The van der Waals surface area contributed by atoms with Gasteiger partial charge in [0.05, 0.1) is 27.0 Å². The number of carbonyl (C=O) groups is 1. The molecule has 1 amide bonds. The van der Waals surface area contributed by atoms with Crippen molar-refractivity contribution in [3.8, 4) is 34.1 Å². The highest BCUT2D eigenvalue weighted by molar-refractivity contribution is 6.01. The number of hydrogen-bond acceptors (Lipinski definition) is 6. The smallest absolute Gasteiger partial charge is 0.271 e. The van der Waals surface area contributed by atoms with Gasteiger partial charge >= 0.3 is 0 Å². The van der Waals surface area contributed by atoms with Gasteiger partial charge in [0.1, 0.15) is 12.4 Å². The van der Waals surface area contributed by atoms with Crippen molar-refractivity contribution in [2.75, 3.05) is 21.3 Å². The van der Waals surface area contributed by atoms with E-state index in [4.69, 9.17) is 18.9 Å². The number of hydrogen-bond donors (Lipinski definition) is 1. The maximum absolute atomic E-state index is 12.7. The van der Waals surface area contributed by atoms with E-state index in [1.165, 1.54) is 0 Å². The maximum atomic E-state index is 12.7. The summed E-state index contributed by atoms with van der Waals surface area (Å²) >= 11 is 0. The fourth-order valence-electron chi connectivity index (χ4n) is 3.92. The van der Waals surface area contributed by atoms with Crippen LogP contribution in [0.25, 0.3) is 11.1 Å². The quantitative estimate of drug-likeness (QED) is 0.206. The third kappa shape index (κ3) is 6.13. The normalized spacial score (nSPS) is 11.0. The van der Waals surface area contributed by atoms with E-state index < -0.39 is 0 Å². The van der Waals surface area contributed by atoms with E-state index in [9.17, 15) is 4.79 Å². The number of hydrazone groups is 1. The summed E-state index contributed by atoms with van der Waals surface area (Å²) in [5.41, 5.74) is 7.48. The summed E-state index contributed by atoms with van der Waals surface area (Å²) in [6.07, 6.45) is 0. The molecule has 1 N–H and O–H groups in total. The minimum absolute atomic E-state index is 0.321. The van der Waals surface area contributed by atoms with Gasteiger partial charge in [-0.15, -0.1) is 0 Å². The number of benzene rings is 4. The molecular formula is C31H30N2O5. The highest BCUT2D eigenvalue weighted by Crippen LogP contribution is 2.38. The van der Waals surface area contributed by atoms with Gasteiger partial charge in [0, 0.05) is 16.7 Å². The third-order valence-corrected chi connectivity index (χ3v) is 5.99. The molecule has 4 aromatic carbocycles. The Labute approximate surface area is 222 Å². The van der Waals surface area contributed by atoms with Crippen LogP contribution in [0, 0.1) is 0 Å². The Morgan fingerprint density at radius 2 is 1.37 bits per heavy atom. The second-order valence-corrected chi connectivity index (χ2v) is 8.40. The van der Waals surface area contributed by atoms with Gasteiger partial charge in [-0.05, 0) is 48.4 Å². The molecule has 0 aliphatic carbocycles. The largest absolute Gasteiger partial charge is 0.493 e. The number of nitrogens with zero attached hydrogens (tertiary/aromatic N) is 1. The monoisotopic (exact) mass is 510 g/mol. The molecule has 0 unspecified atom stereocenters. The van der Waals surface area contributed by atoms with Gasteiger partial charge in [-0.2, -0.15) is 5.10 Å². The van der Waals surface area contributed by atoms with Crippen molar-refractivity contribution >= 4 is 11.6 Å². The van der Waals surface area contributed by atoms with Crippen LogP contribution < -0.4 is 24.4 Å². The number of methoxy groups -OCH3 is 3. The molecule has 0 bridgehead atoms. The van der Waals surface area contributed by atoms with Crippen LogP contribution in [-0.2, 0) is 6.61 Å². The first-order valence-electron chi connectivity index (χ1n) is 12.0. The van der Waals surface area contributed by atoms with Crippen molar-refractivity contribution in [1.82, 2.24) is 5.43 Å². The first-order chi connectivity index (χ1) is 18.5. The predicted molar refractivity (Wildman–Crippen MR) is 148 cm³/mol. The lowest BCUT2D eigenvalue weighted by molar-refractivity contribution is 0.0954. The zero-order valence-corrected chi connectivity index (χ0v) is 21.9. The topological polar surface area (TPSA) is 78.4 Å². The Balaban J connectivity index is 1.40. The second kappa shape index (κ2) is 12.5. The summed E-state index contributed by atoms with van der Waals surface area (Å²) in [4.78, 5) is 12.7. The lowest BCUT2D eigenvalue weighted by Gasteiger charge is -2.14. The van der Waals surface area contributed by atoms with Gasteiger partial charge < -0.3 is 18.9 Å². The molecule has 0 spiro atoms. The number of para-hydroxylation sites is 1. The van der Waals surface area contributed by atoms with Crippen molar-refractivity contribution in [2.45, 2.75) is 13.5 Å². The van der Waals surface area contributed by atoms with E-state index in [0.717, 1.165) is 28.0 Å². The van der Waals surface area contributed by atoms with Crippen molar-refractivity contribution in [2.24, 2.45) is 5.10 Å². The summed E-state index contributed by atoms with van der Waals surface area (Å²) in [5.74, 6) is 1.98. The zero-order chi connectivity index (χ0) is 26.9. The minimum atomic E-state index is -0.321. The lowest BCUT2D eigenvalue weighted by Crippen LogP contribution is -2.19. The molecule has 194 valence electrons. The molecule has 0 fully saturated rings. The number of carbonyl (C=O) groups excluding carboxylic acids is 1. The van der Waals surface area contributed by atoms with Crippen LogP contribution in [0.1, 0.15) is 28.4 Å². The average Bonchev–Trinajstić information content (AvgIpc) is 2.98. The number of amides is 1. The third-order valence-electron chi connectivity index (χ3n) is 5.99. The van der Waals surface area contributed by atoms with Gasteiger partial charge in [-0.25, -0.2) is 5.43 Å². The molecule has 0 saturated heterocycles. The maximum Gasteiger partial charge on any atom is 0.271 e. The Morgan fingerprint density at radius 3 is 2.00 bits per heavy atom. The Morgan fingerprint density at radius 1 is 0.737 bits per heavy atom.